The molecule has 3 rings (SSSR count). The third-order valence-corrected chi connectivity index (χ3v) is 4.63. The van der Waals surface area contributed by atoms with Crippen LogP contribution in [-0.2, 0) is 4.79 Å². The molecule has 0 radical (unpaired) electrons. The van der Waals surface area contributed by atoms with Gasteiger partial charge in [-0.2, -0.15) is 0 Å². The smallest absolute Gasteiger partial charge is 0.240 e. The van der Waals surface area contributed by atoms with Crippen molar-refractivity contribution in [2.24, 2.45) is 0 Å². The molecule has 102 valence electrons. The van der Waals surface area contributed by atoms with Crippen molar-refractivity contribution in [1.29, 1.82) is 0 Å². The highest BCUT2D eigenvalue weighted by molar-refractivity contribution is 5.82. The summed E-state index contributed by atoms with van der Waals surface area (Å²) in [5, 5.41) is 12.7. The number of nitrogens with one attached hydrogen (secondary N) is 1. The van der Waals surface area contributed by atoms with Crippen LogP contribution in [0.15, 0.2) is 0 Å². The molecule has 2 N–H and O–H groups in total. The molecule has 1 amide bonds. The van der Waals surface area contributed by atoms with E-state index < -0.39 is 0 Å². The van der Waals surface area contributed by atoms with E-state index in [4.69, 9.17) is 0 Å². The minimum absolute atomic E-state index is 0.171. The van der Waals surface area contributed by atoms with Crippen LogP contribution in [0, 0.1) is 0 Å². The van der Waals surface area contributed by atoms with Crippen molar-refractivity contribution in [3.8, 4) is 0 Å². The van der Waals surface area contributed by atoms with E-state index in [9.17, 15) is 9.90 Å². The van der Waals surface area contributed by atoms with Gasteiger partial charge in [-0.1, -0.05) is 0 Å². The molecule has 3 fully saturated rings. The highest BCUT2D eigenvalue weighted by Crippen LogP contribution is 2.25. The van der Waals surface area contributed by atoms with Crippen LogP contribution in [0.5, 0.6) is 0 Å². The first-order valence-electron chi connectivity index (χ1n) is 7.11. The second-order valence-corrected chi connectivity index (χ2v) is 5.98. The van der Waals surface area contributed by atoms with Gasteiger partial charge in [-0.05, 0) is 32.7 Å². The third-order valence-electron chi connectivity index (χ3n) is 4.63. The Morgan fingerprint density at radius 3 is 2.94 bits per heavy atom. The lowest BCUT2D eigenvalue weighted by molar-refractivity contribution is -0.138. The molecule has 0 aromatic carbocycles. The van der Waals surface area contributed by atoms with Crippen molar-refractivity contribution >= 4 is 5.91 Å². The number of hydrogen-bond acceptors (Lipinski definition) is 4. The molecule has 0 saturated carbocycles. The maximum Gasteiger partial charge on any atom is 0.240 e. The van der Waals surface area contributed by atoms with Gasteiger partial charge in [0.25, 0.3) is 0 Å². The highest BCUT2D eigenvalue weighted by Gasteiger charge is 2.39. The van der Waals surface area contributed by atoms with Crippen LogP contribution < -0.4 is 5.32 Å². The zero-order chi connectivity index (χ0) is 12.7. The zero-order valence-electron chi connectivity index (χ0n) is 11.0. The molecular weight excluding hydrogens is 230 g/mol. The number of β-amino-alcohol motifs (C(OH)–C–C–N with tert-alkyl or cyclic N) is 1. The van der Waals surface area contributed by atoms with Crippen LogP contribution in [0.1, 0.15) is 26.2 Å². The van der Waals surface area contributed by atoms with Gasteiger partial charge in [0.15, 0.2) is 0 Å². The van der Waals surface area contributed by atoms with E-state index in [-0.39, 0.29) is 18.1 Å². The van der Waals surface area contributed by atoms with Gasteiger partial charge in [-0.25, -0.2) is 0 Å². The van der Waals surface area contributed by atoms with Crippen molar-refractivity contribution < 1.29 is 9.90 Å². The molecule has 5 nitrogen and oxygen atoms in total. The maximum atomic E-state index is 12.5. The largest absolute Gasteiger partial charge is 0.392 e. The van der Waals surface area contributed by atoms with E-state index in [1.54, 1.807) is 0 Å². The van der Waals surface area contributed by atoms with Crippen LogP contribution in [0.3, 0.4) is 0 Å². The predicted molar refractivity (Wildman–Crippen MR) is 68.2 cm³/mol. The Labute approximate surface area is 108 Å². The van der Waals surface area contributed by atoms with Crippen molar-refractivity contribution in [1.82, 2.24) is 15.1 Å². The Balaban J connectivity index is 1.66. The fourth-order valence-electron chi connectivity index (χ4n) is 3.60. The third kappa shape index (κ3) is 2.15. The van der Waals surface area contributed by atoms with Gasteiger partial charge in [-0.15, -0.1) is 0 Å². The topological polar surface area (TPSA) is 55.8 Å². The Morgan fingerprint density at radius 1 is 1.39 bits per heavy atom. The second-order valence-electron chi connectivity index (χ2n) is 5.98. The number of fused-ring (bicyclic) bond motifs is 1. The molecule has 18 heavy (non-hydrogen) atoms. The number of aliphatic hydroxyl groups is 1. The molecule has 3 heterocycles. The van der Waals surface area contributed by atoms with E-state index in [1.807, 2.05) is 4.90 Å². The minimum Gasteiger partial charge on any atom is -0.392 e. The van der Waals surface area contributed by atoms with E-state index in [2.05, 4.69) is 17.1 Å². The van der Waals surface area contributed by atoms with E-state index in [1.165, 1.54) is 19.4 Å². The summed E-state index contributed by atoms with van der Waals surface area (Å²) >= 11 is 0. The quantitative estimate of drug-likeness (QED) is 0.655. The van der Waals surface area contributed by atoms with Crippen LogP contribution in [0.25, 0.3) is 0 Å². The fourth-order valence-corrected chi connectivity index (χ4v) is 3.60. The van der Waals surface area contributed by atoms with Crippen LogP contribution in [-0.4, -0.2) is 71.2 Å². The van der Waals surface area contributed by atoms with Gasteiger partial charge in [0, 0.05) is 31.7 Å². The number of amides is 1. The van der Waals surface area contributed by atoms with Gasteiger partial charge in [0.05, 0.1) is 12.1 Å². The molecule has 0 spiro atoms. The first-order chi connectivity index (χ1) is 8.65. The monoisotopic (exact) mass is 253 g/mol. The number of carbonyl (C=O) groups excluding carboxylic acids is 1. The predicted octanol–water partition coefficient (Wildman–Crippen LogP) is -0.596. The number of carbonyl (C=O) groups is 1. The van der Waals surface area contributed by atoms with Crippen molar-refractivity contribution in [3.05, 3.63) is 0 Å². The standard InChI is InChI=1S/C13H23N3O2/c1-9-7-15-4-2-3-10(15)8-16(9)13(18)12-5-11(17)6-14-12/h9-12,14,17H,2-8H2,1H3. The number of nitrogens with zero attached hydrogens (tertiary/aromatic N) is 2. The molecule has 5 heteroatoms. The zero-order valence-corrected chi connectivity index (χ0v) is 11.0. The van der Waals surface area contributed by atoms with E-state index in [0.29, 0.717) is 25.0 Å². The molecule has 4 unspecified atom stereocenters. The number of aliphatic hydroxyl groups excluding tert-OH is 1. The number of hydrogen-bond donors (Lipinski definition) is 2. The van der Waals surface area contributed by atoms with E-state index >= 15 is 0 Å². The molecule has 0 aromatic rings. The summed E-state index contributed by atoms with van der Waals surface area (Å²) in [5.74, 6) is 0.186. The van der Waals surface area contributed by atoms with Crippen molar-refractivity contribution in [2.45, 2.75) is 50.4 Å². The average molecular weight is 253 g/mol. The molecule has 4 atom stereocenters. The lowest BCUT2D eigenvalue weighted by Gasteiger charge is -2.43. The fraction of sp³-hybridized carbons (Fsp3) is 0.923. The van der Waals surface area contributed by atoms with Gasteiger partial charge in [-0.3, -0.25) is 9.69 Å². The molecule has 3 aliphatic heterocycles. The summed E-state index contributed by atoms with van der Waals surface area (Å²) in [6.07, 6.45) is 2.69. The Kier molecular flexibility index (Phi) is 3.30. The lowest BCUT2D eigenvalue weighted by Crippen LogP contribution is -2.59. The summed E-state index contributed by atoms with van der Waals surface area (Å²) in [7, 11) is 0. The van der Waals surface area contributed by atoms with Gasteiger partial charge in [0.1, 0.15) is 0 Å². The van der Waals surface area contributed by atoms with Crippen LogP contribution >= 0.6 is 0 Å². The summed E-state index contributed by atoms with van der Waals surface area (Å²) in [4.78, 5) is 17.0. The number of rotatable bonds is 1. The molecule has 3 saturated heterocycles. The minimum atomic E-state index is -0.359. The van der Waals surface area contributed by atoms with Crippen molar-refractivity contribution in [2.75, 3.05) is 26.2 Å². The highest BCUT2D eigenvalue weighted by atomic mass is 16.3. The van der Waals surface area contributed by atoms with E-state index in [0.717, 1.165) is 13.1 Å². The second kappa shape index (κ2) is 4.79. The molecule has 0 bridgehead atoms. The molecular formula is C13H23N3O2. The average Bonchev–Trinajstić information content (AvgIpc) is 2.95. The lowest BCUT2D eigenvalue weighted by atomic mass is 10.1. The van der Waals surface area contributed by atoms with Crippen molar-refractivity contribution in [3.63, 3.8) is 0 Å². The van der Waals surface area contributed by atoms with Gasteiger partial charge in [0.2, 0.25) is 5.91 Å². The molecule has 0 aliphatic carbocycles. The summed E-state index contributed by atoms with van der Waals surface area (Å²) in [6, 6.07) is 0.693. The summed E-state index contributed by atoms with van der Waals surface area (Å²) in [6.45, 7) is 5.75. The maximum absolute atomic E-state index is 12.5. The Bertz CT molecular complexity index is 336. The Hall–Kier alpha value is -0.650. The van der Waals surface area contributed by atoms with Crippen LogP contribution in [0.2, 0.25) is 0 Å². The van der Waals surface area contributed by atoms with Gasteiger partial charge < -0.3 is 15.3 Å². The molecule has 3 aliphatic rings. The first-order valence-corrected chi connectivity index (χ1v) is 7.11. The Morgan fingerprint density at radius 2 is 2.22 bits per heavy atom. The summed E-state index contributed by atoms with van der Waals surface area (Å²) < 4.78 is 0. The normalized spacial score (nSPS) is 41.1. The SMILES string of the molecule is CC1CN2CCCC2CN1C(=O)C1CC(O)CN1. The first kappa shape index (κ1) is 12.4. The van der Waals surface area contributed by atoms with Gasteiger partial charge >= 0.3 is 0 Å². The number of piperazine rings is 1. The van der Waals surface area contributed by atoms with Crippen LogP contribution in [0.4, 0.5) is 0 Å². The molecule has 0 aromatic heterocycles. The summed E-state index contributed by atoms with van der Waals surface area (Å²) in [5.41, 5.74) is 0.